The minimum Gasteiger partial charge on any atom is -0.508 e. The van der Waals surface area contributed by atoms with Crippen molar-refractivity contribution in [3.05, 3.63) is 36.1 Å². The van der Waals surface area contributed by atoms with E-state index in [1.54, 1.807) is 6.08 Å². The third-order valence-corrected chi connectivity index (χ3v) is 3.34. The Hall–Kier alpha value is -0.980. The van der Waals surface area contributed by atoms with Gasteiger partial charge in [0.25, 0.3) is 0 Å². The zero-order valence-corrected chi connectivity index (χ0v) is 13.2. The van der Waals surface area contributed by atoms with Crippen molar-refractivity contribution in [2.45, 2.75) is 54.9 Å². The molecule has 0 saturated heterocycles. The highest BCUT2D eigenvalue weighted by molar-refractivity contribution is 5.31. The molecule has 1 heteroatoms. The van der Waals surface area contributed by atoms with Gasteiger partial charge in [-0.3, -0.25) is 0 Å². The molecule has 0 aliphatic heterocycles. The molecule has 0 aliphatic rings. The van der Waals surface area contributed by atoms with Gasteiger partial charge in [-0.1, -0.05) is 60.6 Å². The second-order valence-electron chi connectivity index (χ2n) is 7.10. The van der Waals surface area contributed by atoms with Crippen LogP contribution in [-0.2, 0) is 0 Å². The molecule has 0 aromatic heterocycles. The highest BCUT2D eigenvalue weighted by atomic mass is 16.3. The summed E-state index contributed by atoms with van der Waals surface area (Å²) >= 11 is 0. The minimum absolute atomic E-state index is 0.0543. The van der Waals surface area contributed by atoms with E-state index in [1.165, 1.54) is 0 Å². The number of aliphatic hydroxyl groups is 1. The topological polar surface area (TPSA) is 20.2 Å². The van der Waals surface area contributed by atoms with E-state index in [1.807, 2.05) is 6.08 Å². The Bertz CT molecular complexity index is 332. The Kier molecular flexibility index (Phi) is 5.92. The summed E-state index contributed by atoms with van der Waals surface area (Å²) in [6.07, 6.45) is 6.53. The molecule has 1 unspecified atom stereocenters. The molecule has 0 fully saturated rings. The molecule has 0 spiro atoms. The van der Waals surface area contributed by atoms with Crippen LogP contribution < -0.4 is 0 Å². The van der Waals surface area contributed by atoms with Crippen LogP contribution in [0.3, 0.4) is 0 Å². The fraction of sp³-hybridized carbons (Fsp3) is 0.647. The molecule has 18 heavy (non-hydrogen) atoms. The number of hydrogen-bond donors (Lipinski definition) is 1. The maximum atomic E-state index is 10.2. The van der Waals surface area contributed by atoms with Crippen molar-refractivity contribution in [2.75, 3.05) is 0 Å². The smallest absolute Gasteiger partial charge is 0.115 e. The van der Waals surface area contributed by atoms with Crippen molar-refractivity contribution >= 4 is 0 Å². The fourth-order valence-electron chi connectivity index (χ4n) is 1.52. The fourth-order valence-corrected chi connectivity index (χ4v) is 1.52. The summed E-state index contributed by atoms with van der Waals surface area (Å²) in [7, 11) is 0. The molecule has 0 radical (unpaired) electrons. The Labute approximate surface area is 113 Å². The zero-order valence-electron chi connectivity index (χ0n) is 13.2. The van der Waals surface area contributed by atoms with E-state index in [0.29, 0.717) is 18.1 Å². The van der Waals surface area contributed by atoms with E-state index in [2.05, 4.69) is 61.1 Å². The van der Waals surface area contributed by atoms with Gasteiger partial charge in [0.1, 0.15) is 5.76 Å². The van der Waals surface area contributed by atoms with Crippen LogP contribution in [0, 0.1) is 16.7 Å². The van der Waals surface area contributed by atoms with Gasteiger partial charge in [-0.05, 0) is 34.8 Å². The lowest BCUT2D eigenvalue weighted by Gasteiger charge is -2.29. The largest absolute Gasteiger partial charge is 0.508 e. The first-order valence-corrected chi connectivity index (χ1v) is 6.73. The van der Waals surface area contributed by atoms with Crippen molar-refractivity contribution < 1.29 is 5.11 Å². The molecule has 0 aliphatic carbocycles. The summed E-state index contributed by atoms with van der Waals surface area (Å²) in [5.74, 6) is 0.796. The van der Waals surface area contributed by atoms with Gasteiger partial charge in [0, 0.05) is 0 Å². The van der Waals surface area contributed by atoms with Gasteiger partial charge < -0.3 is 5.11 Å². The maximum Gasteiger partial charge on any atom is 0.115 e. The normalized spacial score (nSPS) is 16.6. The Morgan fingerprint density at radius 2 is 1.67 bits per heavy atom. The van der Waals surface area contributed by atoms with Crippen LogP contribution in [0.25, 0.3) is 0 Å². The molecular weight excluding hydrogens is 220 g/mol. The monoisotopic (exact) mass is 250 g/mol. The first-order valence-electron chi connectivity index (χ1n) is 6.73. The van der Waals surface area contributed by atoms with Crippen LogP contribution in [0.2, 0.25) is 0 Å². The van der Waals surface area contributed by atoms with E-state index in [-0.39, 0.29) is 10.8 Å². The van der Waals surface area contributed by atoms with Crippen LogP contribution in [0.5, 0.6) is 0 Å². The molecule has 0 rings (SSSR count). The van der Waals surface area contributed by atoms with Crippen LogP contribution >= 0.6 is 0 Å². The third kappa shape index (κ3) is 5.57. The molecule has 0 aromatic carbocycles. The lowest BCUT2D eigenvalue weighted by Crippen LogP contribution is -2.19. The molecular formula is C17H30O. The Balaban J connectivity index is 5.39. The predicted octanol–water partition coefficient (Wildman–Crippen LogP) is 5.66. The summed E-state index contributed by atoms with van der Waals surface area (Å²) in [6.45, 7) is 18.9. The second-order valence-corrected chi connectivity index (χ2v) is 7.10. The average Bonchev–Trinajstić information content (AvgIpc) is 2.18. The van der Waals surface area contributed by atoms with Crippen LogP contribution in [-0.4, -0.2) is 5.11 Å². The number of aliphatic hydroxyl groups excluding tert-OH is 1. The highest BCUT2D eigenvalue weighted by Gasteiger charge is 2.25. The van der Waals surface area contributed by atoms with E-state index >= 15 is 0 Å². The summed E-state index contributed by atoms with van der Waals surface area (Å²) in [5, 5.41) is 10.2. The molecule has 0 saturated carbocycles. The number of rotatable bonds is 4. The van der Waals surface area contributed by atoms with Gasteiger partial charge >= 0.3 is 0 Å². The molecule has 0 bridgehead atoms. The van der Waals surface area contributed by atoms with Crippen molar-refractivity contribution in [3.8, 4) is 0 Å². The van der Waals surface area contributed by atoms with Gasteiger partial charge in [0.15, 0.2) is 0 Å². The van der Waals surface area contributed by atoms with Crippen molar-refractivity contribution in [1.29, 1.82) is 0 Å². The van der Waals surface area contributed by atoms with Gasteiger partial charge in [-0.25, -0.2) is 0 Å². The van der Waals surface area contributed by atoms with Gasteiger partial charge in [0.2, 0.25) is 0 Å². The number of hydrogen-bond acceptors (Lipinski definition) is 1. The lowest BCUT2D eigenvalue weighted by molar-refractivity contribution is 0.305. The number of allylic oxidation sites excluding steroid dienone is 4. The van der Waals surface area contributed by atoms with Gasteiger partial charge in [-0.2, -0.15) is 0 Å². The Morgan fingerprint density at radius 3 is 2.00 bits per heavy atom. The SMILES string of the molecule is C=CC/C=C(O)\C(=C/C(C)C(C)(C)C)C(C)(C)C. The van der Waals surface area contributed by atoms with Crippen molar-refractivity contribution in [2.24, 2.45) is 16.7 Å². The van der Waals surface area contributed by atoms with Gasteiger partial charge in [-0.15, -0.1) is 6.58 Å². The van der Waals surface area contributed by atoms with E-state index in [4.69, 9.17) is 0 Å². The lowest BCUT2D eigenvalue weighted by atomic mass is 9.76. The summed E-state index contributed by atoms with van der Waals surface area (Å²) < 4.78 is 0. The Morgan fingerprint density at radius 1 is 1.17 bits per heavy atom. The summed E-state index contributed by atoms with van der Waals surface area (Å²) in [6, 6.07) is 0. The van der Waals surface area contributed by atoms with Crippen LogP contribution in [0.4, 0.5) is 0 Å². The standard InChI is InChI=1S/C17H30O/c1-9-10-11-15(18)14(17(6,7)8)12-13(2)16(3,4)5/h9,11-13,18H,1,10H2,2-8H3/b14-12+,15-11+. The first kappa shape index (κ1) is 17.0. The first-order chi connectivity index (χ1) is 8.00. The quantitative estimate of drug-likeness (QED) is 0.388. The zero-order chi connectivity index (χ0) is 14.6. The van der Waals surface area contributed by atoms with E-state index in [0.717, 1.165) is 5.57 Å². The molecule has 0 heterocycles. The van der Waals surface area contributed by atoms with Gasteiger partial charge in [0.05, 0.1) is 0 Å². The van der Waals surface area contributed by atoms with Crippen LogP contribution in [0.15, 0.2) is 36.1 Å². The molecule has 1 atom stereocenters. The summed E-state index contributed by atoms with van der Waals surface area (Å²) in [5.41, 5.74) is 1.17. The molecule has 0 amide bonds. The average molecular weight is 250 g/mol. The maximum absolute atomic E-state index is 10.2. The second kappa shape index (κ2) is 6.26. The highest BCUT2D eigenvalue weighted by Crippen LogP contribution is 2.35. The summed E-state index contributed by atoms with van der Waals surface area (Å²) in [4.78, 5) is 0. The minimum atomic E-state index is -0.0543. The van der Waals surface area contributed by atoms with Crippen LogP contribution in [0.1, 0.15) is 54.9 Å². The molecule has 104 valence electrons. The van der Waals surface area contributed by atoms with Crippen molar-refractivity contribution in [3.63, 3.8) is 0 Å². The van der Waals surface area contributed by atoms with E-state index < -0.39 is 0 Å². The molecule has 0 aromatic rings. The molecule has 1 N–H and O–H groups in total. The third-order valence-electron chi connectivity index (χ3n) is 3.34. The van der Waals surface area contributed by atoms with Crippen molar-refractivity contribution in [1.82, 2.24) is 0 Å². The molecule has 1 nitrogen and oxygen atoms in total. The predicted molar refractivity (Wildman–Crippen MR) is 81.7 cm³/mol. The van der Waals surface area contributed by atoms with E-state index in [9.17, 15) is 5.11 Å².